The predicted molar refractivity (Wildman–Crippen MR) is 37.3 cm³/mol. The van der Waals surface area contributed by atoms with Gasteiger partial charge in [-0.05, 0) is 0 Å². The summed E-state index contributed by atoms with van der Waals surface area (Å²) >= 11 is 0. The van der Waals surface area contributed by atoms with Crippen LogP contribution < -0.4 is 51.4 Å². The van der Waals surface area contributed by atoms with Gasteiger partial charge in [0.25, 0.3) is 0 Å². The second kappa shape index (κ2) is 4.70. The molecule has 0 aromatic rings. The van der Waals surface area contributed by atoms with Gasteiger partial charge in [-0.25, -0.2) is 0 Å². The predicted octanol–water partition coefficient (Wildman–Crippen LogP) is -1.63. The van der Waals surface area contributed by atoms with Gasteiger partial charge in [0.05, 0.1) is 0 Å². The van der Waals surface area contributed by atoms with Gasteiger partial charge in [0.2, 0.25) is 0 Å². The van der Waals surface area contributed by atoms with Crippen LogP contribution in [0.15, 0.2) is 0 Å². The van der Waals surface area contributed by atoms with Crippen LogP contribution in [0.1, 0.15) is 19.8 Å². The summed E-state index contributed by atoms with van der Waals surface area (Å²) in [6, 6.07) is 0. The molecular weight excluding hydrogens is 167 g/mol. The van der Waals surface area contributed by atoms with Crippen molar-refractivity contribution >= 4 is 0 Å². The Balaban J connectivity index is 0.000000605. The maximum absolute atomic E-state index is 5.42. The molecule has 2 nitrogen and oxygen atoms in total. The smallest absolute Gasteiger partial charge is 0.386 e. The quantitative estimate of drug-likeness (QED) is 0.356. The SMILES string of the molecule is CCC1CO[C@H]2OCC[C-]12.[K+]. The van der Waals surface area contributed by atoms with Gasteiger partial charge in [-0.3, -0.25) is 5.92 Å². The first-order chi connectivity index (χ1) is 4.92. The maximum atomic E-state index is 5.42. The van der Waals surface area contributed by atoms with Crippen molar-refractivity contribution in [2.45, 2.75) is 26.1 Å². The molecule has 58 valence electrons. The molecule has 0 aromatic heterocycles. The summed E-state index contributed by atoms with van der Waals surface area (Å²) < 4.78 is 10.8. The molecule has 2 atom stereocenters. The van der Waals surface area contributed by atoms with Crippen molar-refractivity contribution < 1.29 is 60.9 Å². The molecule has 3 heteroatoms. The molecule has 0 radical (unpaired) electrons. The zero-order chi connectivity index (χ0) is 6.97. The average Bonchev–Trinajstić information content (AvgIpc) is 2.44. The van der Waals surface area contributed by atoms with E-state index in [4.69, 9.17) is 9.47 Å². The Kier molecular flexibility index (Phi) is 4.54. The topological polar surface area (TPSA) is 18.5 Å². The van der Waals surface area contributed by atoms with Crippen molar-refractivity contribution in [1.82, 2.24) is 0 Å². The van der Waals surface area contributed by atoms with Crippen molar-refractivity contribution in [2.24, 2.45) is 5.92 Å². The maximum Gasteiger partial charge on any atom is 1.00 e. The number of ether oxygens (including phenoxy) is 2. The van der Waals surface area contributed by atoms with Crippen molar-refractivity contribution in [3.8, 4) is 0 Å². The van der Waals surface area contributed by atoms with E-state index in [0.29, 0.717) is 5.92 Å². The third kappa shape index (κ3) is 2.07. The first-order valence-electron chi connectivity index (χ1n) is 4.00. The first-order valence-corrected chi connectivity index (χ1v) is 4.00. The van der Waals surface area contributed by atoms with Crippen LogP contribution >= 0.6 is 0 Å². The van der Waals surface area contributed by atoms with Crippen LogP contribution in [0.5, 0.6) is 0 Å². The Morgan fingerprint density at radius 1 is 1.45 bits per heavy atom. The number of fused-ring (bicyclic) bond motifs is 1. The Bertz CT molecular complexity index is 129. The van der Waals surface area contributed by atoms with E-state index in [1.807, 2.05) is 0 Å². The zero-order valence-corrected chi connectivity index (χ0v) is 10.4. The molecule has 0 N–H and O–H groups in total. The largest absolute Gasteiger partial charge is 1.00 e. The molecule has 0 bridgehead atoms. The Hall–Kier alpha value is 1.56. The number of hydrogen-bond acceptors (Lipinski definition) is 2. The van der Waals surface area contributed by atoms with E-state index in [9.17, 15) is 0 Å². The van der Waals surface area contributed by atoms with Crippen molar-refractivity contribution in [3.05, 3.63) is 5.92 Å². The van der Waals surface area contributed by atoms with E-state index in [1.165, 1.54) is 12.3 Å². The van der Waals surface area contributed by atoms with E-state index < -0.39 is 0 Å². The molecule has 2 aliphatic rings. The standard InChI is InChI=1S/C8H13O2.K/c1-2-6-5-10-8-7(6)3-4-9-8;/h6,8H,2-5H2,1H3;/q-1;+1/t6?,8-;/m1./s1. The van der Waals surface area contributed by atoms with E-state index >= 15 is 0 Å². The summed E-state index contributed by atoms with van der Waals surface area (Å²) in [6.45, 7) is 3.97. The summed E-state index contributed by atoms with van der Waals surface area (Å²) in [4.78, 5) is 0. The van der Waals surface area contributed by atoms with Crippen LogP contribution in [0.4, 0.5) is 0 Å². The minimum absolute atomic E-state index is 0. The van der Waals surface area contributed by atoms with E-state index in [-0.39, 0.29) is 57.7 Å². The minimum Gasteiger partial charge on any atom is -0.386 e. The second-order valence-corrected chi connectivity index (χ2v) is 2.97. The summed E-state index contributed by atoms with van der Waals surface area (Å²) in [6.07, 6.45) is 2.41. The van der Waals surface area contributed by atoms with E-state index in [0.717, 1.165) is 19.6 Å². The summed E-state index contributed by atoms with van der Waals surface area (Å²) in [5.41, 5.74) is 0. The van der Waals surface area contributed by atoms with E-state index in [1.54, 1.807) is 0 Å². The zero-order valence-electron chi connectivity index (χ0n) is 7.30. The molecule has 2 saturated heterocycles. The van der Waals surface area contributed by atoms with Gasteiger partial charge in [0.15, 0.2) is 0 Å². The van der Waals surface area contributed by atoms with Crippen LogP contribution in [0.3, 0.4) is 0 Å². The molecule has 0 aromatic carbocycles. The van der Waals surface area contributed by atoms with Gasteiger partial charge in [-0.15, -0.1) is 12.3 Å². The van der Waals surface area contributed by atoms with Gasteiger partial charge >= 0.3 is 51.4 Å². The Morgan fingerprint density at radius 2 is 2.27 bits per heavy atom. The van der Waals surface area contributed by atoms with Crippen molar-refractivity contribution in [2.75, 3.05) is 13.2 Å². The number of rotatable bonds is 1. The van der Waals surface area contributed by atoms with Gasteiger partial charge < -0.3 is 9.47 Å². The molecule has 0 spiro atoms. The molecule has 2 heterocycles. The number of hydrogen-bond donors (Lipinski definition) is 0. The van der Waals surface area contributed by atoms with Crippen LogP contribution in [-0.2, 0) is 9.47 Å². The molecule has 0 aliphatic carbocycles. The minimum atomic E-state index is 0. The van der Waals surface area contributed by atoms with Crippen molar-refractivity contribution in [3.63, 3.8) is 0 Å². The van der Waals surface area contributed by atoms with Crippen LogP contribution in [0.2, 0.25) is 0 Å². The first kappa shape index (κ1) is 10.6. The Labute approximate surface area is 110 Å². The molecule has 0 saturated carbocycles. The van der Waals surface area contributed by atoms with Gasteiger partial charge in [0, 0.05) is 19.5 Å². The second-order valence-electron chi connectivity index (χ2n) is 2.97. The molecule has 1 unspecified atom stereocenters. The molecule has 2 aliphatic heterocycles. The summed E-state index contributed by atoms with van der Waals surface area (Å²) in [7, 11) is 0. The van der Waals surface area contributed by atoms with Gasteiger partial charge in [-0.1, -0.05) is 13.3 Å². The van der Waals surface area contributed by atoms with Crippen molar-refractivity contribution in [1.29, 1.82) is 0 Å². The van der Waals surface area contributed by atoms with Crippen LogP contribution in [0, 0.1) is 11.8 Å². The fraction of sp³-hybridized carbons (Fsp3) is 0.875. The average molecular weight is 180 g/mol. The monoisotopic (exact) mass is 180 g/mol. The fourth-order valence-electron chi connectivity index (χ4n) is 1.75. The van der Waals surface area contributed by atoms with Crippen LogP contribution in [-0.4, -0.2) is 19.5 Å². The fourth-order valence-corrected chi connectivity index (χ4v) is 1.75. The normalized spacial score (nSPS) is 36.8. The summed E-state index contributed by atoms with van der Waals surface area (Å²) in [5, 5.41) is 0. The third-order valence-corrected chi connectivity index (χ3v) is 2.43. The molecular formula is C8H13KO2. The van der Waals surface area contributed by atoms with E-state index in [2.05, 4.69) is 6.92 Å². The van der Waals surface area contributed by atoms with Gasteiger partial charge in [-0.2, -0.15) is 0 Å². The third-order valence-electron chi connectivity index (χ3n) is 2.43. The molecule has 0 amide bonds. The van der Waals surface area contributed by atoms with Gasteiger partial charge in [0.1, 0.15) is 0 Å². The molecule has 2 fully saturated rings. The van der Waals surface area contributed by atoms with Crippen LogP contribution in [0.25, 0.3) is 0 Å². The Morgan fingerprint density at radius 3 is 3.00 bits per heavy atom. The molecule has 2 rings (SSSR count). The molecule has 11 heavy (non-hydrogen) atoms. The summed E-state index contributed by atoms with van der Waals surface area (Å²) in [5.74, 6) is 2.19.